The lowest BCUT2D eigenvalue weighted by Gasteiger charge is -2.15. The highest BCUT2D eigenvalue weighted by Crippen LogP contribution is 2.35. The lowest BCUT2D eigenvalue weighted by molar-refractivity contribution is 0.0929. The van der Waals surface area contributed by atoms with Gasteiger partial charge in [-0.3, -0.25) is 4.79 Å². The summed E-state index contributed by atoms with van der Waals surface area (Å²) in [5.74, 6) is -0.695. The molecule has 1 unspecified atom stereocenters. The first-order valence-corrected chi connectivity index (χ1v) is 10.2. The Hall–Kier alpha value is -3.20. The van der Waals surface area contributed by atoms with Gasteiger partial charge in [0.25, 0.3) is 5.91 Å². The number of hydrogen-bond donors (Lipinski definition) is 1. The highest BCUT2D eigenvalue weighted by atomic mass is 32.1. The molecular formula is C22H22F2N2O4S. The summed E-state index contributed by atoms with van der Waals surface area (Å²) >= 11 is 1.25. The van der Waals surface area contributed by atoms with E-state index in [4.69, 9.17) is 14.2 Å². The average Bonchev–Trinajstić information content (AvgIpc) is 3.14. The van der Waals surface area contributed by atoms with E-state index < -0.39 is 17.7 Å². The minimum absolute atomic E-state index is 0.0225. The summed E-state index contributed by atoms with van der Waals surface area (Å²) in [6, 6.07) is 8.07. The highest BCUT2D eigenvalue weighted by Gasteiger charge is 2.19. The Morgan fingerprint density at radius 1 is 1.10 bits per heavy atom. The number of aromatic nitrogens is 1. The molecule has 0 spiro atoms. The molecular weight excluding hydrogens is 426 g/mol. The van der Waals surface area contributed by atoms with Crippen molar-refractivity contribution in [1.82, 2.24) is 10.3 Å². The van der Waals surface area contributed by atoms with Gasteiger partial charge in [0.15, 0.2) is 23.1 Å². The molecule has 0 bridgehead atoms. The number of amides is 1. The first-order chi connectivity index (χ1) is 14.8. The van der Waals surface area contributed by atoms with Crippen molar-refractivity contribution < 1.29 is 27.8 Å². The zero-order valence-corrected chi connectivity index (χ0v) is 18.3. The van der Waals surface area contributed by atoms with Crippen LogP contribution in [0.5, 0.6) is 17.2 Å². The van der Waals surface area contributed by atoms with Gasteiger partial charge in [-0.15, -0.1) is 11.3 Å². The van der Waals surface area contributed by atoms with Crippen LogP contribution >= 0.6 is 11.3 Å². The summed E-state index contributed by atoms with van der Waals surface area (Å²) < 4.78 is 42.6. The molecule has 1 heterocycles. The molecule has 1 N–H and O–H groups in total. The Balaban J connectivity index is 1.67. The van der Waals surface area contributed by atoms with E-state index in [0.29, 0.717) is 27.1 Å². The molecule has 9 heteroatoms. The van der Waals surface area contributed by atoms with Gasteiger partial charge in [0.2, 0.25) is 0 Å². The van der Waals surface area contributed by atoms with Crippen LogP contribution in [-0.2, 0) is 0 Å². The minimum atomic E-state index is -0.795. The summed E-state index contributed by atoms with van der Waals surface area (Å²) in [4.78, 5) is 17.7. The molecule has 1 atom stereocenters. The third kappa shape index (κ3) is 5.29. The molecule has 0 fully saturated rings. The molecule has 0 aliphatic rings. The van der Waals surface area contributed by atoms with Crippen molar-refractivity contribution in [3.8, 4) is 27.8 Å². The summed E-state index contributed by atoms with van der Waals surface area (Å²) in [5, 5.41) is 3.48. The van der Waals surface area contributed by atoms with Crippen molar-refractivity contribution in [2.24, 2.45) is 0 Å². The van der Waals surface area contributed by atoms with E-state index >= 15 is 0 Å². The number of aryl methyl sites for hydroxylation is 1. The topological polar surface area (TPSA) is 69.7 Å². The van der Waals surface area contributed by atoms with Gasteiger partial charge >= 0.3 is 0 Å². The Morgan fingerprint density at radius 3 is 2.48 bits per heavy atom. The van der Waals surface area contributed by atoms with Crippen LogP contribution in [0.2, 0.25) is 0 Å². The number of benzene rings is 2. The summed E-state index contributed by atoms with van der Waals surface area (Å²) in [7, 11) is 3.11. The quantitative estimate of drug-likeness (QED) is 0.545. The zero-order chi connectivity index (χ0) is 22.5. The van der Waals surface area contributed by atoms with Crippen LogP contribution in [0.1, 0.15) is 22.3 Å². The first kappa shape index (κ1) is 22.5. The van der Waals surface area contributed by atoms with Crippen molar-refractivity contribution in [1.29, 1.82) is 0 Å². The second kappa shape index (κ2) is 9.74. The number of carbonyl (C=O) groups excluding carboxylic acids is 1. The minimum Gasteiger partial charge on any atom is -0.493 e. The van der Waals surface area contributed by atoms with Crippen molar-refractivity contribution >= 4 is 17.2 Å². The van der Waals surface area contributed by atoms with Crippen LogP contribution in [0.25, 0.3) is 10.6 Å². The molecule has 1 amide bonds. The Morgan fingerprint density at radius 2 is 1.81 bits per heavy atom. The van der Waals surface area contributed by atoms with Gasteiger partial charge in [-0.25, -0.2) is 13.8 Å². The van der Waals surface area contributed by atoms with Crippen LogP contribution in [0.3, 0.4) is 0 Å². The molecule has 164 valence electrons. The van der Waals surface area contributed by atoms with Crippen molar-refractivity contribution in [3.63, 3.8) is 0 Å². The van der Waals surface area contributed by atoms with Gasteiger partial charge in [0.1, 0.15) is 22.3 Å². The van der Waals surface area contributed by atoms with E-state index in [9.17, 15) is 13.6 Å². The molecule has 0 radical (unpaired) electrons. The normalized spacial score (nSPS) is 11.7. The standard InChI is InChI=1S/C22H22F2N2O4S/c1-12(11-30-17-8-6-15(23)10-16(17)24)25-21(27)20-13(2)26-22(31-20)14-5-7-18(28-3)19(9-14)29-4/h5-10,12H,11H2,1-4H3,(H,25,27). The maximum absolute atomic E-state index is 13.7. The fraction of sp³-hybridized carbons (Fsp3) is 0.273. The van der Waals surface area contributed by atoms with Crippen LogP contribution in [0.4, 0.5) is 8.78 Å². The van der Waals surface area contributed by atoms with Crippen LogP contribution in [-0.4, -0.2) is 37.8 Å². The van der Waals surface area contributed by atoms with Gasteiger partial charge in [-0.2, -0.15) is 0 Å². The number of nitrogens with zero attached hydrogens (tertiary/aromatic N) is 1. The van der Waals surface area contributed by atoms with Crippen LogP contribution < -0.4 is 19.5 Å². The number of thiazole rings is 1. The third-order valence-electron chi connectivity index (χ3n) is 4.39. The Bertz CT molecular complexity index is 1090. The highest BCUT2D eigenvalue weighted by molar-refractivity contribution is 7.17. The lowest BCUT2D eigenvalue weighted by atomic mass is 10.2. The predicted molar refractivity (Wildman–Crippen MR) is 114 cm³/mol. The van der Waals surface area contributed by atoms with Crippen LogP contribution in [0, 0.1) is 18.6 Å². The first-order valence-electron chi connectivity index (χ1n) is 9.41. The predicted octanol–water partition coefficient (Wildman–Crippen LogP) is 4.61. The SMILES string of the molecule is COc1ccc(-c2nc(C)c(C(=O)NC(C)COc3ccc(F)cc3F)s2)cc1OC. The van der Waals surface area contributed by atoms with E-state index in [0.717, 1.165) is 17.7 Å². The van der Waals surface area contributed by atoms with Crippen molar-refractivity contribution in [3.05, 3.63) is 58.6 Å². The molecule has 0 aliphatic carbocycles. The summed E-state index contributed by atoms with van der Waals surface area (Å²) in [6.45, 7) is 3.50. The molecule has 3 aromatic rings. The van der Waals surface area contributed by atoms with Gasteiger partial charge < -0.3 is 19.5 Å². The largest absolute Gasteiger partial charge is 0.493 e. The molecule has 3 rings (SSSR count). The molecule has 0 aliphatic heterocycles. The zero-order valence-electron chi connectivity index (χ0n) is 17.5. The smallest absolute Gasteiger partial charge is 0.263 e. The molecule has 2 aromatic carbocycles. The molecule has 0 saturated carbocycles. The van der Waals surface area contributed by atoms with Crippen LogP contribution in [0.15, 0.2) is 36.4 Å². The van der Waals surface area contributed by atoms with E-state index in [-0.39, 0.29) is 18.3 Å². The third-order valence-corrected chi connectivity index (χ3v) is 5.60. The second-order valence-corrected chi connectivity index (χ2v) is 7.76. The fourth-order valence-corrected chi connectivity index (χ4v) is 3.80. The fourth-order valence-electron chi connectivity index (χ4n) is 2.84. The number of halogens is 2. The number of rotatable bonds is 8. The van der Waals surface area contributed by atoms with Crippen molar-refractivity contribution in [2.75, 3.05) is 20.8 Å². The molecule has 0 saturated heterocycles. The van der Waals surface area contributed by atoms with Gasteiger partial charge in [0.05, 0.1) is 26.0 Å². The maximum atomic E-state index is 13.7. The summed E-state index contributed by atoms with van der Waals surface area (Å²) in [5.41, 5.74) is 1.39. The Kier molecular flexibility index (Phi) is 7.06. The monoisotopic (exact) mass is 448 g/mol. The maximum Gasteiger partial charge on any atom is 0.263 e. The van der Waals surface area contributed by atoms with Crippen molar-refractivity contribution in [2.45, 2.75) is 19.9 Å². The number of nitrogens with one attached hydrogen (secondary N) is 1. The van der Waals surface area contributed by atoms with Gasteiger partial charge in [-0.05, 0) is 44.2 Å². The number of methoxy groups -OCH3 is 2. The Labute approximate surface area is 182 Å². The van der Waals surface area contributed by atoms with Gasteiger partial charge in [-0.1, -0.05) is 0 Å². The van der Waals surface area contributed by atoms with E-state index in [1.807, 2.05) is 6.07 Å². The molecule has 1 aromatic heterocycles. The van der Waals surface area contributed by atoms with E-state index in [1.165, 1.54) is 17.4 Å². The van der Waals surface area contributed by atoms with Gasteiger partial charge in [0, 0.05) is 11.6 Å². The molecule has 31 heavy (non-hydrogen) atoms. The van der Waals surface area contributed by atoms with E-state index in [1.54, 1.807) is 40.2 Å². The molecule has 6 nitrogen and oxygen atoms in total. The lowest BCUT2D eigenvalue weighted by Crippen LogP contribution is -2.36. The van der Waals surface area contributed by atoms with E-state index in [2.05, 4.69) is 10.3 Å². The average molecular weight is 448 g/mol. The summed E-state index contributed by atoms with van der Waals surface area (Å²) in [6.07, 6.45) is 0. The number of hydrogen-bond acceptors (Lipinski definition) is 6. The number of ether oxygens (including phenoxy) is 3. The number of carbonyl (C=O) groups is 1. The second-order valence-electron chi connectivity index (χ2n) is 6.76.